The van der Waals surface area contributed by atoms with Crippen LogP contribution in [-0.2, 0) is 4.79 Å². The number of nitrogens with one attached hydrogen (secondary N) is 1. The van der Waals surface area contributed by atoms with Crippen LogP contribution in [0.2, 0.25) is 0 Å². The number of anilines is 1. The third kappa shape index (κ3) is 4.50. The van der Waals surface area contributed by atoms with Crippen molar-refractivity contribution in [1.82, 2.24) is 9.80 Å². The highest BCUT2D eigenvalue weighted by atomic mass is 79.9. The summed E-state index contributed by atoms with van der Waals surface area (Å²) in [4.78, 5) is 28.1. The second kappa shape index (κ2) is 8.01. The summed E-state index contributed by atoms with van der Waals surface area (Å²) < 4.78 is 19.8. The van der Waals surface area contributed by atoms with Crippen molar-refractivity contribution in [1.29, 1.82) is 0 Å². The van der Waals surface area contributed by atoms with Crippen LogP contribution in [0.25, 0.3) is 0 Å². The molecule has 2 amide bonds. The van der Waals surface area contributed by atoms with E-state index in [4.69, 9.17) is 4.42 Å². The Balaban J connectivity index is 1.49. The van der Waals surface area contributed by atoms with E-state index in [9.17, 15) is 14.0 Å². The van der Waals surface area contributed by atoms with Gasteiger partial charge in [-0.25, -0.2) is 4.39 Å². The number of carbonyl (C=O) groups excluding carboxylic acids is 2. The number of hydrogen-bond donors (Lipinski definition) is 1. The van der Waals surface area contributed by atoms with Gasteiger partial charge in [0.15, 0.2) is 5.76 Å². The molecule has 0 atom stereocenters. The summed E-state index contributed by atoms with van der Waals surface area (Å²) in [5.74, 6) is 0.118. The number of aryl methyl sites for hydroxylation is 1. The third-order valence-corrected chi connectivity index (χ3v) is 4.68. The lowest BCUT2D eigenvalue weighted by atomic mass is 10.2. The van der Waals surface area contributed by atoms with E-state index >= 15 is 0 Å². The summed E-state index contributed by atoms with van der Waals surface area (Å²) in [6, 6.07) is 7.91. The maximum atomic E-state index is 13.8. The molecule has 1 aromatic heterocycles. The zero-order chi connectivity index (χ0) is 18.7. The summed E-state index contributed by atoms with van der Waals surface area (Å²) in [5, 5.41) is 2.58. The molecule has 3 rings (SSSR count). The van der Waals surface area contributed by atoms with Crippen LogP contribution in [0.5, 0.6) is 0 Å². The number of hydrogen-bond acceptors (Lipinski definition) is 4. The fraction of sp³-hybridized carbons (Fsp3) is 0.333. The van der Waals surface area contributed by atoms with Gasteiger partial charge in [-0.15, -0.1) is 0 Å². The highest BCUT2D eigenvalue weighted by Gasteiger charge is 2.25. The summed E-state index contributed by atoms with van der Waals surface area (Å²) in [6.45, 7) is 4.11. The monoisotopic (exact) mass is 423 g/mol. The summed E-state index contributed by atoms with van der Waals surface area (Å²) in [6.07, 6.45) is 0. The number of halogens is 2. The van der Waals surface area contributed by atoms with Crippen LogP contribution >= 0.6 is 15.9 Å². The fourth-order valence-electron chi connectivity index (χ4n) is 2.80. The van der Waals surface area contributed by atoms with Gasteiger partial charge in [0, 0.05) is 30.7 Å². The van der Waals surface area contributed by atoms with Gasteiger partial charge in [-0.3, -0.25) is 14.5 Å². The number of nitrogens with zero attached hydrogens (tertiary/aromatic N) is 2. The lowest BCUT2D eigenvalue weighted by Gasteiger charge is -2.33. The molecule has 1 aliphatic heterocycles. The van der Waals surface area contributed by atoms with Crippen LogP contribution in [0.15, 0.2) is 39.2 Å². The minimum Gasteiger partial charge on any atom is -0.456 e. The Morgan fingerprint density at radius 1 is 1.19 bits per heavy atom. The first-order valence-corrected chi connectivity index (χ1v) is 9.04. The summed E-state index contributed by atoms with van der Waals surface area (Å²) >= 11 is 3.18. The molecule has 1 aromatic carbocycles. The first kappa shape index (κ1) is 18.6. The van der Waals surface area contributed by atoms with Crippen LogP contribution in [0.4, 0.5) is 10.1 Å². The molecule has 8 heteroatoms. The van der Waals surface area contributed by atoms with Gasteiger partial charge in [-0.2, -0.15) is 0 Å². The van der Waals surface area contributed by atoms with Crippen LogP contribution in [0, 0.1) is 12.7 Å². The van der Waals surface area contributed by atoms with Gasteiger partial charge in [-0.05, 0) is 37.3 Å². The van der Waals surface area contributed by atoms with Gasteiger partial charge < -0.3 is 14.6 Å². The van der Waals surface area contributed by atoms with E-state index in [1.54, 1.807) is 30.0 Å². The second-order valence-electron chi connectivity index (χ2n) is 6.15. The zero-order valence-corrected chi connectivity index (χ0v) is 15.9. The molecule has 138 valence electrons. The van der Waals surface area contributed by atoms with Crippen molar-refractivity contribution >= 4 is 33.4 Å². The molecule has 2 aromatic rings. The summed E-state index contributed by atoms with van der Waals surface area (Å²) in [5.41, 5.74) is 0.153. The van der Waals surface area contributed by atoms with Crippen molar-refractivity contribution < 1.29 is 18.4 Å². The Bertz CT molecular complexity index is 816. The Kier molecular flexibility index (Phi) is 5.73. The average Bonchev–Trinajstić information content (AvgIpc) is 3.04. The Morgan fingerprint density at radius 2 is 1.92 bits per heavy atom. The molecule has 1 aliphatic rings. The normalized spacial score (nSPS) is 15.1. The molecule has 6 nitrogen and oxygen atoms in total. The molecule has 0 radical (unpaired) electrons. The van der Waals surface area contributed by atoms with Crippen LogP contribution in [0.1, 0.15) is 16.3 Å². The number of amides is 2. The van der Waals surface area contributed by atoms with E-state index in [1.165, 1.54) is 12.1 Å². The maximum Gasteiger partial charge on any atom is 0.289 e. The van der Waals surface area contributed by atoms with E-state index in [2.05, 4.69) is 21.2 Å². The third-order valence-electron chi connectivity index (χ3n) is 4.18. The predicted octanol–water partition coefficient (Wildman–Crippen LogP) is 2.89. The standard InChI is InChI=1S/C18H19BrFN3O3/c1-12-2-5-16(26-12)18(25)23-8-6-22(7-9-23)11-17(24)21-15-4-3-13(19)10-14(15)20/h2-5,10H,6-9,11H2,1H3,(H,21,24). The SMILES string of the molecule is Cc1ccc(C(=O)N2CCN(CC(=O)Nc3ccc(Br)cc3F)CC2)o1. The molecule has 0 bridgehead atoms. The largest absolute Gasteiger partial charge is 0.456 e. The lowest BCUT2D eigenvalue weighted by Crippen LogP contribution is -2.50. The molecule has 1 saturated heterocycles. The predicted molar refractivity (Wildman–Crippen MR) is 98.5 cm³/mol. The molecule has 1 N–H and O–H groups in total. The van der Waals surface area contributed by atoms with E-state index in [0.717, 1.165) is 0 Å². The number of furan rings is 1. The van der Waals surface area contributed by atoms with Crippen molar-refractivity contribution in [3.8, 4) is 0 Å². The Labute approximate surface area is 159 Å². The molecule has 0 saturated carbocycles. The minimum atomic E-state index is -0.489. The molecule has 2 heterocycles. The van der Waals surface area contributed by atoms with Crippen LogP contribution in [0.3, 0.4) is 0 Å². The van der Waals surface area contributed by atoms with Crippen LogP contribution in [-0.4, -0.2) is 54.3 Å². The van der Waals surface area contributed by atoms with E-state index in [-0.39, 0.29) is 24.0 Å². The summed E-state index contributed by atoms with van der Waals surface area (Å²) in [7, 11) is 0. The fourth-order valence-corrected chi connectivity index (χ4v) is 3.13. The van der Waals surface area contributed by atoms with Crippen molar-refractivity contribution in [2.24, 2.45) is 0 Å². The van der Waals surface area contributed by atoms with Crippen molar-refractivity contribution in [3.05, 3.63) is 52.1 Å². The zero-order valence-electron chi connectivity index (χ0n) is 14.3. The highest BCUT2D eigenvalue weighted by molar-refractivity contribution is 9.10. The second-order valence-corrected chi connectivity index (χ2v) is 7.07. The first-order chi connectivity index (χ1) is 12.4. The Morgan fingerprint density at radius 3 is 2.54 bits per heavy atom. The van der Waals surface area contributed by atoms with Gasteiger partial charge in [0.25, 0.3) is 5.91 Å². The molecule has 0 unspecified atom stereocenters. The van der Waals surface area contributed by atoms with Gasteiger partial charge in [-0.1, -0.05) is 15.9 Å². The van der Waals surface area contributed by atoms with Crippen molar-refractivity contribution in [2.75, 3.05) is 38.0 Å². The van der Waals surface area contributed by atoms with Crippen LogP contribution < -0.4 is 5.32 Å². The highest BCUT2D eigenvalue weighted by Crippen LogP contribution is 2.19. The molecule has 26 heavy (non-hydrogen) atoms. The van der Waals surface area contributed by atoms with Gasteiger partial charge in [0.2, 0.25) is 5.91 Å². The molecular weight excluding hydrogens is 405 g/mol. The quantitative estimate of drug-likeness (QED) is 0.820. The maximum absolute atomic E-state index is 13.8. The van der Waals surface area contributed by atoms with Gasteiger partial charge >= 0.3 is 0 Å². The smallest absolute Gasteiger partial charge is 0.289 e. The number of piperazine rings is 1. The van der Waals surface area contributed by atoms with E-state index in [0.29, 0.717) is 42.2 Å². The topological polar surface area (TPSA) is 65.8 Å². The molecule has 0 aliphatic carbocycles. The Hall–Kier alpha value is -2.19. The molecule has 0 spiro atoms. The number of carbonyl (C=O) groups is 2. The number of rotatable bonds is 4. The van der Waals surface area contributed by atoms with Crippen molar-refractivity contribution in [3.63, 3.8) is 0 Å². The number of benzene rings is 1. The van der Waals surface area contributed by atoms with Gasteiger partial charge in [0.1, 0.15) is 11.6 Å². The van der Waals surface area contributed by atoms with Gasteiger partial charge in [0.05, 0.1) is 12.2 Å². The minimum absolute atomic E-state index is 0.140. The molecular formula is C18H19BrFN3O3. The lowest BCUT2D eigenvalue weighted by molar-refractivity contribution is -0.117. The average molecular weight is 424 g/mol. The first-order valence-electron chi connectivity index (χ1n) is 8.25. The molecule has 1 fully saturated rings. The van der Waals surface area contributed by atoms with Crippen molar-refractivity contribution in [2.45, 2.75) is 6.92 Å². The van der Waals surface area contributed by atoms with E-state index in [1.807, 2.05) is 4.90 Å². The van der Waals surface area contributed by atoms with E-state index < -0.39 is 5.82 Å².